The zero-order chi connectivity index (χ0) is 12.5. The van der Waals surface area contributed by atoms with Crippen molar-refractivity contribution in [3.63, 3.8) is 0 Å². The monoisotopic (exact) mass is 258 g/mol. The van der Waals surface area contributed by atoms with Gasteiger partial charge in [0.25, 0.3) is 5.89 Å². The van der Waals surface area contributed by atoms with Gasteiger partial charge in [0.05, 0.1) is 5.75 Å². The van der Waals surface area contributed by atoms with Gasteiger partial charge in [-0.1, -0.05) is 5.16 Å². The summed E-state index contributed by atoms with van der Waals surface area (Å²) < 4.78 is 26.6. The molecule has 0 unspecified atom stereocenters. The fraction of sp³-hybridized carbons (Fsp3) is 0.700. The second kappa shape index (κ2) is 4.56. The third-order valence-corrected chi connectivity index (χ3v) is 3.57. The van der Waals surface area contributed by atoms with Crippen molar-refractivity contribution in [2.75, 3.05) is 12.0 Å². The molecule has 17 heavy (non-hydrogen) atoms. The van der Waals surface area contributed by atoms with Crippen LogP contribution in [0.1, 0.15) is 48.1 Å². The molecule has 1 aromatic rings. The highest BCUT2D eigenvalue weighted by Gasteiger charge is 2.29. The van der Waals surface area contributed by atoms with E-state index in [1.54, 1.807) is 0 Å². The maximum Gasteiger partial charge on any atom is 0.293 e. The summed E-state index contributed by atoms with van der Waals surface area (Å²) in [6, 6.07) is 0. The van der Waals surface area contributed by atoms with E-state index in [1.165, 1.54) is 0 Å². The summed E-state index contributed by atoms with van der Waals surface area (Å²) in [6.45, 7) is 0. The van der Waals surface area contributed by atoms with E-state index >= 15 is 0 Å². The van der Waals surface area contributed by atoms with Crippen molar-refractivity contribution in [3.05, 3.63) is 11.7 Å². The van der Waals surface area contributed by atoms with Gasteiger partial charge in [-0.25, -0.2) is 8.42 Å². The van der Waals surface area contributed by atoms with Crippen molar-refractivity contribution in [2.24, 2.45) is 0 Å². The average Bonchev–Trinajstić information content (AvgIpc) is 2.94. The van der Waals surface area contributed by atoms with E-state index in [1.807, 2.05) is 0 Å². The highest BCUT2D eigenvalue weighted by Crippen LogP contribution is 2.38. The third kappa shape index (κ3) is 3.62. The molecule has 0 N–H and O–H groups in total. The van der Waals surface area contributed by atoms with Crippen molar-refractivity contribution >= 4 is 15.6 Å². The Hall–Kier alpha value is -1.24. The first kappa shape index (κ1) is 12.2. The zero-order valence-electron chi connectivity index (χ0n) is 9.55. The molecule has 1 aliphatic rings. The molecule has 0 spiro atoms. The minimum atomic E-state index is -3.02. The number of nitrogens with zero attached hydrogens (tertiary/aromatic N) is 2. The summed E-state index contributed by atoms with van der Waals surface area (Å²) in [5, 5.41) is 3.73. The number of ketones is 1. The standard InChI is InChI=1S/C10H14N2O4S/c1-17(14,15)6-2-3-8(13)10-11-9(12-16-10)7-4-5-7/h7H,2-6H2,1H3. The predicted molar refractivity (Wildman–Crippen MR) is 59.5 cm³/mol. The Bertz CT molecular complexity index is 516. The number of Topliss-reactive ketones (excluding diaryl/α,β-unsaturated/α-hetero) is 1. The quantitative estimate of drug-likeness (QED) is 0.706. The van der Waals surface area contributed by atoms with E-state index in [2.05, 4.69) is 10.1 Å². The van der Waals surface area contributed by atoms with Gasteiger partial charge in [-0.15, -0.1) is 0 Å². The minimum absolute atomic E-state index is 0.000371. The van der Waals surface area contributed by atoms with Crippen molar-refractivity contribution in [3.8, 4) is 0 Å². The maximum atomic E-state index is 11.6. The molecule has 1 aliphatic carbocycles. The van der Waals surface area contributed by atoms with Gasteiger partial charge in [-0.2, -0.15) is 4.98 Å². The van der Waals surface area contributed by atoms with Crippen molar-refractivity contribution in [2.45, 2.75) is 31.6 Å². The molecule has 2 rings (SSSR count). The van der Waals surface area contributed by atoms with Gasteiger partial charge in [0.2, 0.25) is 5.78 Å². The van der Waals surface area contributed by atoms with E-state index in [0.29, 0.717) is 18.2 Å². The van der Waals surface area contributed by atoms with Gasteiger partial charge >= 0.3 is 0 Å². The van der Waals surface area contributed by atoms with Crippen LogP contribution in [0.3, 0.4) is 0 Å². The Labute approximate surface area is 99.3 Å². The lowest BCUT2D eigenvalue weighted by atomic mass is 10.2. The van der Waals surface area contributed by atoms with Crippen LogP contribution < -0.4 is 0 Å². The summed E-state index contributed by atoms with van der Waals surface area (Å²) in [6.07, 6.45) is 3.65. The SMILES string of the molecule is CS(=O)(=O)CCCC(=O)c1nc(C2CC2)no1. The number of hydrogen-bond donors (Lipinski definition) is 0. The molecule has 1 aromatic heterocycles. The number of carbonyl (C=O) groups excluding carboxylic acids is 1. The van der Waals surface area contributed by atoms with E-state index in [-0.39, 0.29) is 23.8 Å². The molecular formula is C10H14N2O4S. The first-order chi connectivity index (χ1) is 7.96. The highest BCUT2D eigenvalue weighted by molar-refractivity contribution is 7.90. The average molecular weight is 258 g/mol. The Morgan fingerprint density at radius 2 is 2.18 bits per heavy atom. The fourth-order valence-electron chi connectivity index (χ4n) is 1.46. The van der Waals surface area contributed by atoms with Crippen LogP contribution in [-0.4, -0.2) is 36.4 Å². The van der Waals surface area contributed by atoms with Crippen molar-refractivity contribution < 1.29 is 17.7 Å². The summed E-state index contributed by atoms with van der Waals surface area (Å²) in [5.41, 5.74) is 0. The summed E-state index contributed by atoms with van der Waals surface area (Å²) in [7, 11) is -3.02. The van der Waals surface area contributed by atoms with Crippen LogP contribution in [-0.2, 0) is 9.84 Å². The third-order valence-electron chi connectivity index (χ3n) is 2.54. The van der Waals surface area contributed by atoms with E-state index < -0.39 is 9.84 Å². The van der Waals surface area contributed by atoms with Crippen LogP contribution in [0.15, 0.2) is 4.52 Å². The van der Waals surface area contributed by atoms with E-state index in [9.17, 15) is 13.2 Å². The lowest BCUT2D eigenvalue weighted by Crippen LogP contribution is -2.07. The molecule has 0 bridgehead atoms. The first-order valence-corrected chi connectivity index (χ1v) is 7.56. The number of aromatic nitrogens is 2. The van der Waals surface area contributed by atoms with Crippen LogP contribution in [0.5, 0.6) is 0 Å². The molecule has 94 valence electrons. The summed E-state index contributed by atoms with van der Waals surface area (Å²) >= 11 is 0. The molecule has 0 radical (unpaired) electrons. The van der Waals surface area contributed by atoms with Crippen molar-refractivity contribution in [1.29, 1.82) is 0 Å². The van der Waals surface area contributed by atoms with Crippen LogP contribution in [0.25, 0.3) is 0 Å². The Morgan fingerprint density at radius 3 is 2.76 bits per heavy atom. The van der Waals surface area contributed by atoms with Gasteiger partial charge in [0.15, 0.2) is 5.82 Å². The van der Waals surface area contributed by atoms with Gasteiger partial charge in [-0.05, 0) is 19.3 Å². The Morgan fingerprint density at radius 1 is 1.47 bits per heavy atom. The Kier molecular flexibility index (Phi) is 3.28. The molecule has 7 heteroatoms. The number of sulfone groups is 1. The molecule has 6 nitrogen and oxygen atoms in total. The topological polar surface area (TPSA) is 90.1 Å². The molecule has 1 heterocycles. The number of rotatable bonds is 6. The fourth-order valence-corrected chi connectivity index (χ4v) is 2.13. The smallest absolute Gasteiger partial charge is 0.293 e. The zero-order valence-corrected chi connectivity index (χ0v) is 10.4. The summed E-state index contributed by atoms with van der Waals surface area (Å²) in [5.74, 6) is 0.656. The molecule has 1 saturated carbocycles. The number of carbonyl (C=O) groups is 1. The molecule has 0 saturated heterocycles. The summed E-state index contributed by atoms with van der Waals surface area (Å²) in [4.78, 5) is 15.6. The molecule has 0 aliphatic heterocycles. The van der Waals surface area contributed by atoms with Crippen molar-refractivity contribution in [1.82, 2.24) is 10.1 Å². The molecule has 1 fully saturated rings. The van der Waals surface area contributed by atoms with Gasteiger partial charge in [0, 0.05) is 18.6 Å². The molecule has 0 atom stereocenters. The second-order valence-electron chi connectivity index (χ2n) is 4.39. The van der Waals surface area contributed by atoms with E-state index in [0.717, 1.165) is 19.1 Å². The van der Waals surface area contributed by atoms with Gasteiger partial charge < -0.3 is 4.52 Å². The second-order valence-corrected chi connectivity index (χ2v) is 6.65. The minimum Gasteiger partial charge on any atom is -0.331 e. The largest absolute Gasteiger partial charge is 0.331 e. The maximum absolute atomic E-state index is 11.6. The number of hydrogen-bond acceptors (Lipinski definition) is 6. The van der Waals surface area contributed by atoms with E-state index in [4.69, 9.17) is 4.52 Å². The normalized spacial score (nSPS) is 16.1. The highest BCUT2D eigenvalue weighted by atomic mass is 32.2. The molecule has 0 aromatic carbocycles. The first-order valence-electron chi connectivity index (χ1n) is 5.50. The van der Waals surface area contributed by atoms with Crippen LogP contribution >= 0.6 is 0 Å². The molecule has 0 amide bonds. The lowest BCUT2D eigenvalue weighted by molar-refractivity contribution is 0.0939. The van der Waals surface area contributed by atoms with Crippen LogP contribution in [0.4, 0.5) is 0 Å². The molecular weight excluding hydrogens is 244 g/mol. The van der Waals surface area contributed by atoms with Crippen LogP contribution in [0.2, 0.25) is 0 Å². The Balaban J connectivity index is 1.86. The lowest BCUT2D eigenvalue weighted by Gasteiger charge is -1.95. The predicted octanol–water partition coefficient (Wildman–Crippen LogP) is 0.954. The van der Waals surface area contributed by atoms with Crippen LogP contribution in [0, 0.1) is 0 Å². The van der Waals surface area contributed by atoms with Gasteiger partial charge in [-0.3, -0.25) is 4.79 Å². The van der Waals surface area contributed by atoms with Gasteiger partial charge in [0.1, 0.15) is 9.84 Å².